The molecule has 5 heteroatoms. The van der Waals surface area contributed by atoms with Gasteiger partial charge in [0.25, 0.3) is 0 Å². The summed E-state index contributed by atoms with van der Waals surface area (Å²) in [6.45, 7) is 6.42. The van der Waals surface area contributed by atoms with Crippen molar-refractivity contribution in [1.82, 2.24) is 9.80 Å². The molecule has 1 aromatic heterocycles. The molecule has 0 bridgehead atoms. The van der Waals surface area contributed by atoms with E-state index in [1.54, 1.807) is 11.3 Å². The Balaban J connectivity index is 1.41. The maximum atomic E-state index is 12.5. The number of carbonyl (C=O) groups excluding carboxylic acids is 2. The molecule has 0 aliphatic carbocycles. The van der Waals surface area contributed by atoms with Gasteiger partial charge in [-0.3, -0.25) is 14.5 Å². The highest BCUT2D eigenvalue weighted by atomic mass is 32.1. The highest BCUT2D eigenvalue weighted by molar-refractivity contribution is 7.09. The van der Waals surface area contributed by atoms with Crippen LogP contribution in [0.5, 0.6) is 0 Å². The minimum absolute atomic E-state index is 0.0581. The van der Waals surface area contributed by atoms with E-state index in [0.29, 0.717) is 18.4 Å². The van der Waals surface area contributed by atoms with Gasteiger partial charge in [0.1, 0.15) is 0 Å². The molecule has 27 heavy (non-hydrogen) atoms. The van der Waals surface area contributed by atoms with Gasteiger partial charge in [0.05, 0.1) is 0 Å². The van der Waals surface area contributed by atoms with Crippen LogP contribution in [0.4, 0.5) is 0 Å². The first-order valence-electron chi connectivity index (χ1n) is 9.80. The van der Waals surface area contributed by atoms with Crippen molar-refractivity contribution in [1.29, 1.82) is 0 Å². The molecular weight excluding hydrogens is 356 g/mol. The maximum Gasteiger partial charge on any atom is 0.223 e. The predicted octanol–water partition coefficient (Wildman–Crippen LogP) is 4.01. The summed E-state index contributed by atoms with van der Waals surface area (Å²) in [6, 6.07) is 12.1. The van der Waals surface area contributed by atoms with E-state index in [0.717, 1.165) is 45.6 Å². The molecule has 0 atom stereocenters. The summed E-state index contributed by atoms with van der Waals surface area (Å²) in [7, 11) is 0. The van der Waals surface area contributed by atoms with E-state index >= 15 is 0 Å². The lowest BCUT2D eigenvalue weighted by molar-refractivity contribution is -0.132. The van der Waals surface area contributed by atoms with Crippen molar-refractivity contribution < 1.29 is 9.59 Å². The van der Waals surface area contributed by atoms with E-state index in [2.05, 4.69) is 29.3 Å². The third-order valence-electron chi connectivity index (χ3n) is 5.07. The zero-order valence-corrected chi connectivity index (χ0v) is 16.8. The summed E-state index contributed by atoms with van der Waals surface area (Å²) >= 11 is 1.78. The standard InChI is InChI=1S/C22H28N2O2S/c1-2-4-18-6-8-19(9-7-18)21(25)10-11-22(26)24-14-12-23(13-15-24)17-20-5-3-16-27-20/h3,5-9,16H,2,4,10-15,17H2,1H3. The number of hydrogen-bond acceptors (Lipinski definition) is 4. The van der Waals surface area contributed by atoms with E-state index in [1.165, 1.54) is 10.4 Å². The molecule has 1 aliphatic heterocycles. The topological polar surface area (TPSA) is 40.6 Å². The molecule has 4 nitrogen and oxygen atoms in total. The van der Waals surface area contributed by atoms with Crippen molar-refractivity contribution in [3.63, 3.8) is 0 Å². The second-order valence-electron chi connectivity index (χ2n) is 7.11. The first-order valence-corrected chi connectivity index (χ1v) is 10.7. The number of rotatable bonds is 8. The van der Waals surface area contributed by atoms with E-state index in [-0.39, 0.29) is 11.7 Å². The van der Waals surface area contributed by atoms with Crippen LogP contribution in [-0.2, 0) is 17.8 Å². The molecule has 0 unspecified atom stereocenters. The van der Waals surface area contributed by atoms with Crippen LogP contribution in [0.1, 0.15) is 47.0 Å². The number of benzene rings is 1. The summed E-state index contributed by atoms with van der Waals surface area (Å²) < 4.78 is 0. The van der Waals surface area contributed by atoms with Gasteiger partial charge in [-0.15, -0.1) is 11.3 Å². The second kappa shape index (κ2) is 9.81. The van der Waals surface area contributed by atoms with Crippen molar-refractivity contribution in [2.75, 3.05) is 26.2 Å². The number of amides is 1. The van der Waals surface area contributed by atoms with Crippen molar-refractivity contribution in [3.8, 4) is 0 Å². The molecule has 1 amide bonds. The van der Waals surface area contributed by atoms with Gasteiger partial charge in [-0.25, -0.2) is 0 Å². The first kappa shape index (κ1) is 19.8. The van der Waals surface area contributed by atoms with Gasteiger partial charge < -0.3 is 4.90 Å². The highest BCUT2D eigenvalue weighted by Gasteiger charge is 2.21. The summed E-state index contributed by atoms with van der Waals surface area (Å²) in [4.78, 5) is 30.5. The first-order chi connectivity index (χ1) is 13.2. The largest absolute Gasteiger partial charge is 0.340 e. The molecule has 144 valence electrons. The third kappa shape index (κ3) is 5.75. The number of ketones is 1. The molecule has 1 fully saturated rings. The summed E-state index contributed by atoms with van der Waals surface area (Å²) in [5, 5.41) is 2.10. The number of carbonyl (C=O) groups is 2. The Kier molecular flexibility index (Phi) is 7.18. The lowest BCUT2D eigenvalue weighted by atomic mass is 10.0. The van der Waals surface area contributed by atoms with E-state index in [9.17, 15) is 9.59 Å². The minimum atomic E-state index is 0.0581. The molecule has 1 saturated heterocycles. The fraction of sp³-hybridized carbons (Fsp3) is 0.455. The van der Waals surface area contributed by atoms with Gasteiger partial charge in [0.15, 0.2) is 5.78 Å². The second-order valence-corrected chi connectivity index (χ2v) is 8.14. The van der Waals surface area contributed by atoms with Gasteiger partial charge in [-0.05, 0) is 23.4 Å². The number of nitrogens with zero attached hydrogens (tertiary/aromatic N) is 2. The van der Waals surface area contributed by atoms with Gasteiger partial charge in [0.2, 0.25) is 5.91 Å². The minimum Gasteiger partial charge on any atom is -0.340 e. The van der Waals surface area contributed by atoms with Crippen molar-refractivity contribution >= 4 is 23.0 Å². The fourth-order valence-electron chi connectivity index (χ4n) is 3.45. The molecule has 0 N–H and O–H groups in total. The van der Waals surface area contributed by atoms with Gasteiger partial charge >= 0.3 is 0 Å². The van der Waals surface area contributed by atoms with E-state index in [4.69, 9.17) is 0 Å². The van der Waals surface area contributed by atoms with Gasteiger partial charge in [-0.1, -0.05) is 43.7 Å². The molecule has 0 radical (unpaired) electrons. The van der Waals surface area contributed by atoms with Crippen LogP contribution < -0.4 is 0 Å². The fourth-order valence-corrected chi connectivity index (χ4v) is 4.19. The average Bonchev–Trinajstić information content (AvgIpc) is 3.20. The zero-order valence-electron chi connectivity index (χ0n) is 16.0. The Morgan fingerprint density at radius 2 is 1.74 bits per heavy atom. The van der Waals surface area contributed by atoms with Crippen LogP contribution in [0.2, 0.25) is 0 Å². The molecule has 3 rings (SSSR count). The van der Waals surface area contributed by atoms with Crippen molar-refractivity contribution in [2.24, 2.45) is 0 Å². The Hall–Kier alpha value is -1.98. The molecule has 2 heterocycles. The van der Waals surface area contributed by atoms with Crippen LogP contribution in [0.15, 0.2) is 41.8 Å². The number of piperazine rings is 1. The zero-order chi connectivity index (χ0) is 19.1. The van der Waals surface area contributed by atoms with Gasteiger partial charge in [0, 0.05) is 56.0 Å². The molecule has 1 aliphatic rings. The Morgan fingerprint density at radius 1 is 1.00 bits per heavy atom. The number of aryl methyl sites for hydroxylation is 1. The monoisotopic (exact) mass is 384 g/mol. The lowest BCUT2D eigenvalue weighted by Crippen LogP contribution is -2.48. The molecule has 0 spiro atoms. The van der Waals surface area contributed by atoms with E-state index < -0.39 is 0 Å². The predicted molar refractivity (Wildman–Crippen MR) is 110 cm³/mol. The Labute approximate surface area is 165 Å². The molecule has 2 aromatic rings. The van der Waals surface area contributed by atoms with E-state index in [1.807, 2.05) is 29.2 Å². The number of Topliss-reactive ketones (excluding diaryl/α,β-unsaturated/α-hetero) is 1. The smallest absolute Gasteiger partial charge is 0.223 e. The van der Waals surface area contributed by atoms with Crippen molar-refractivity contribution in [2.45, 2.75) is 39.2 Å². The maximum absolute atomic E-state index is 12.5. The van der Waals surface area contributed by atoms with Gasteiger partial charge in [-0.2, -0.15) is 0 Å². The highest BCUT2D eigenvalue weighted by Crippen LogP contribution is 2.15. The average molecular weight is 385 g/mol. The van der Waals surface area contributed by atoms with Crippen LogP contribution in [0.25, 0.3) is 0 Å². The SMILES string of the molecule is CCCc1ccc(C(=O)CCC(=O)N2CCN(Cc3cccs3)CC2)cc1. The quantitative estimate of drug-likeness (QED) is 0.646. The summed E-state index contributed by atoms with van der Waals surface area (Å²) in [6.07, 6.45) is 2.73. The molecule has 1 aromatic carbocycles. The van der Waals surface area contributed by atoms with Crippen LogP contribution in [-0.4, -0.2) is 47.7 Å². The van der Waals surface area contributed by atoms with Crippen LogP contribution >= 0.6 is 11.3 Å². The van der Waals surface area contributed by atoms with Crippen molar-refractivity contribution in [3.05, 3.63) is 57.8 Å². The Morgan fingerprint density at radius 3 is 2.37 bits per heavy atom. The van der Waals surface area contributed by atoms with Crippen LogP contribution in [0, 0.1) is 0 Å². The number of thiophene rings is 1. The lowest BCUT2D eigenvalue weighted by Gasteiger charge is -2.34. The summed E-state index contributed by atoms with van der Waals surface area (Å²) in [5.41, 5.74) is 1.97. The van der Waals surface area contributed by atoms with Crippen LogP contribution in [0.3, 0.4) is 0 Å². The molecule has 0 saturated carbocycles. The number of hydrogen-bond donors (Lipinski definition) is 0. The summed E-state index contributed by atoms with van der Waals surface area (Å²) in [5.74, 6) is 0.157. The normalized spacial score (nSPS) is 15.1. The molecular formula is C22H28N2O2S. The third-order valence-corrected chi connectivity index (χ3v) is 5.93. The Bertz CT molecular complexity index is 732.